The molecule has 0 spiro atoms. The van der Waals surface area contributed by atoms with Gasteiger partial charge in [-0.25, -0.2) is 13.1 Å². The van der Waals surface area contributed by atoms with Crippen molar-refractivity contribution in [2.75, 3.05) is 0 Å². The summed E-state index contributed by atoms with van der Waals surface area (Å²) in [6.07, 6.45) is -3.08. The molecule has 1 aromatic carbocycles. The third kappa shape index (κ3) is 3.46. The van der Waals surface area contributed by atoms with Gasteiger partial charge in [-0.05, 0) is 30.5 Å². The van der Waals surface area contributed by atoms with Crippen LogP contribution in [0.3, 0.4) is 0 Å². The quantitative estimate of drug-likeness (QED) is 0.606. The summed E-state index contributed by atoms with van der Waals surface area (Å²) < 4.78 is 62.0. The van der Waals surface area contributed by atoms with E-state index >= 15 is 0 Å². The first-order chi connectivity index (χ1) is 12.1. The molecule has 1 aliphatic carbocycles. The predicted octanol–water partition coefficient (Wildman–Crippen LogP) is 2.36. The standard InChI is InChI=1S/C16H15F3N2O4S/c1-21-15(23)12(13(20-21)8-2-3-8)14(22)11-5-4-10(16(17,18)19)6-9(11)7-26(24)25/h4-6,8,23,26H,2-3,7H2,1H3. The van der Waals surface area contributed by atoms with Gasteiger partial charge in [-0.3, -0.25) is 4.79 Å². The Morgan fingerprint density at radius 2 is 2.00 bits per heavy atom. The van der Waals surface area contributed by atoms with Gasteiger partial charge in [0.1, 0.15) is 16.3 Å². The number of halogens is 3. The second-order valence-electron chi connectivity index (χ2n) is 6.17. The first-order valence-corrected chi connectivity index (χ1v) is 9.08. The van der Waals surface area contributed by atoms with Gasteiger partial charge in [-0.2, -0.15) is 18.3 Å². The predicted molar refractivity (Wildman–Crippen MR) is 85.7 cm³/mol. The van der Waals surface area contributed by atoms with Gasteiger partial charge in [0.2, 0.25) is 11.7 Å². The largest absolute Gasteiger partial charge is 0.493 e. The van der Waals surface area contributed by atoms with E-state index < -0.39 is 39.9 Å². The Hall–Kier alpha value is -2.36. The van der Waals surface area contributed by atoms with E-state index in [2.05, 4.69) is 5.10 Å². The lowest BCUT2D eigenvalue weighted by atomic mass is 9.96. The minimum atomic E-state index is -4.67. The van der Waals surface area contributed by atoms with E-state index in [4.69, 9.17) is 0 Å². The molecule has 2 aromatic rings. The Kier molecular flexibility index (Phi) is 4.55. The zero-order valence-corrected chi connectivity index (χ0v) is 14.5. The fourth-order valence-electron chi connectivity index (χ4n) is 2.79. The smallest absolute Gasteiger partial charge is 0.416 e. The van der Waals surface area contributed by atoms with Crippen LogP contribution < -0.4 is 0 Å². The zero-order chi connectivity index (χ0) is 19.2. The summed E-state index contributed by atoms with van der Waals surface area (Å²) in [6, 6.07) is 2.32. The molecule has 0 saturated heterocycles. The number of rotatable bonds is 5. The van der Waals surface area contributed by atoms with Crippen LogP contribution in [0.1, 0.15) is 51.5 Å². The van der Waals surface area contributed by atoms with Crippen molar-refractivity contribution in [1.82, 2.24) is 9.78 Å². The summed E-state index contributed by atoms with van der Waals surface area (Å²) in [6.45, 7) is 0. The fourth-order valence-corrected chi connectivity index (χ4v) is 3.33. The van der Waals surface area contributed by atoms with E-state index in [-0.39, 0.29) is 22.6 Å². The fraction of sp³-hybridized carbons (Fsp3) is 0.375. The van der Waals surface area contributed by atoms with Crippen molar-refractivity contribution in [3.63, 3.8) is 0 Å². The van der Waals surface area contributed by atoms with E-state index in [0.29, 0.717) is 11.8 Å². The van der Waals surface area contributed by atoms with Crippen LogP contribution in [-0.4, -0.2) is 29.1 Å². The van der Waals surface area contributed by atoms with E-state index in [1.807, 2.05) is 0 Å². The van der Waals surface area contributed by atoms with Crippen LogP contribution in [0.5, 0.6) is 5.88 Å². The number of hydrogen-bond donors (Lipinski definition) is 2. The molecule has 10 heteroatoms. The highest BCUT2D eigenvalue weighted by molar-refractivity contribution is 7.71. The first-order valence-electron chi connectivity index (χ1n) is 7.72. The highest BCUT2D eigenvalue weighted by Gasteiger charge is 2.36. The molecule has 0 amide bonds. The van der Waals surface area contributed by atoms with Crippen LogP contribution in [-0.2, 0) is 29.7 Å². The Balaban J connectivity index is 2.13. The molecule has 26 heavy (non-hydrogen) atoms. The summed E-state index contributed by atoms with van der Waals surface area (Å²) in [5, 5.41) is 14.3. The van der Waals surface area contributed by atoms with Crippen LogP contribution in [0, 0.1) is 0 Å². The first kappa shape index (κ1) is 18.4. The Bertz CT molecular complexity index is 951. The van der Waals surface area contributed by atoms with Gasteiger partial charge in [-0.15, -0.1) is 0 Å². The molecule has 0 atom stereocenters. The molecule has 1 saturated carbocycles. The van der Waals surface area contributed by atoms with Crippen molar-refractivity contribution in [1.29, 1.82) is 0 Å². The average Bonchev–Trinajstić information content (AvgIpc) is 3.32. The van der Waals surface area contributed by atoms with Crippen molar-refractivity contribution in [2.45, 2.75) is 30.7 Å². The molecule has 140 valence electrons. The minimum Gasteiger partial charge on any atom is -0.493 e. The van der Waals surface area contributed by atoms with E-state index in [0.717, 1.165) is 29.7 Å². The normalized spacial score (nSPS) is 14.8. The molecule has 6 nitrogen and oxygen atoms in total. The minimum absolute atomic E-state index is 0.00934. The van der Waals surface area contributed by atoms with Gasteiger partial charge in [-0.1, -0.05) is 6.07 Å². The molecule has 3 rings (SSSR count). The number of benzene rings is 1. The second-order valence-corrected chi connectivity index (χ2v) is 7.15. The van der Waals surface area contributed by atoms with Crippen molar-refractivity contribution < 1.29 is 31.5 Å². The molecule has 0 radical (unpaired) electrons. The van der Waals surface area contributed by atoms with Crippen LogP contribution in [0.2, 0.25) is 0 Å². The number of aromatic hydroxyl groups is 1. The summed E-state index contributed by atoms with van der Waals surface area (Å²) >= 11 is 0. The third-order valence-electron chi connectivity index (χ3n) is 4.21. The summed E-state index contributed by atoms with van der Waals surface area (Å²) in [7, 11) is -1.60. The number of aromatic nitrogens is 2. The summed E-state index contributed by atoms with van der Waals surface area (Å²) in [5.41, 5.74) is -1.20. The van der Waals surface area contributed by atoms with E-state index in [1.165, 1.54) is 7.05 Å². The highest BCUT2D eigenvalue weighted by Crippen LogP contribution is 2.43. The average molecular weight is 388 g/mol. The van der Waals surface area contributed by atoms with Crippen LogP contribution in [0.25, 0.3) is 0 Å². The molecular weight excluding hydrogens is 373 g/mol. The van der Waals surface area contributed by atoms with Gasteiger partial charge >= 0.3 is 6.18 Å². The second kappa shape index (κ2) is 6.42. The summed E-state index contributed by atoms with van der Waals surface area (Å²) in [5.74, 6) is -1.83. The van der Waals surface area contributed by atoms with Crippen LogP contribution >= 0.6 is 0 Å². The third-order valence-corrected chi connectivity index (χ3v) is 4.81. The van der Waals surface area contributed by atoms with Crippen molar-refractivity contribution in [3.8, 4) is 5.88 Å². The van der Waals surface area contributed by atoms with E-state index in [1.54, 1.807) is 0 Å². The zero-order valence-electron chi connectivity index (χ0n) is 13.6. The molecule has 1 N–H and O–H groups in total. The Morgan fingerprint density at radius 3 is 2.54 bits per heavy atom. The monoisotopic (exact) mass is 388 g/mol. The van der Waals surface area contributed by atoms with Crippen molar-refractivity contribution >= 4 is 16.5 Å². The maximum Gasteiger partial charge on any atom is 0.416 e. The highest BCUT2D eigenvalue weighted by atomic mass is 32.2. The number of nitrogens with zero attached hydrogens (tertiary/aromatic N) is 2. The Morgan fingerprint density at radius 1 is 1.35 bits per heavy atom. The Labute approximate surface area is 148 Å². The molecule has 0 bridgehead atoms. The van der Waals surface area contributed by atoms with Crippen LogP contribution in [0.4, 0.5) is 13.2 Å². The molecule has 0 unspecified atom stereocenters. The number of thiol groups is 1. The van der Waals surface area contributed by atoms with Gasteiger partial charge in [0, 0.05) is 18.5 Å². The van der Waals surface area contributed by atoms with Crippen molar-refractivity contribution in [2.24, 2.45) is 7.05 Å². The number of carbonyl (C=O) groups excluding carboxylic acids is 1. The molecule has 1 aliphatic rings. The molecule has 0 aliphatic heterocycles. The molecule has 1 aromatic heterocycles. The number of ketones is 1. The lowest BCUT2D eigenvalue weighted by molar-refractivity contribution is -0.137. The number of alkyl halides is 3. The SMILES string of the molecule is Cn1nc(C2CC2)c(C(=O)c2ccc(C(F)(F)F)cc2C[SH](=O)=O)c1O. The molecule has 1 fully saturated rings. The van der Waals surface area contributed by atoms with Gasteiger partial charge in [0.05, 0.1) is 17.0 Å². The van der Waals surface area contributed by atoms with Gasteiger partial charge in [0.25, 0.3) is 0 Å². The lowest BCUT2D eigenvalue weighted by Gasteiger charge is -2.12. The summed E-state index contributed by atoms with van der Waals surface area (Å²) in [4.78, 5) is 12.9. The van der Waals surface area contributed by atoms with Gasteiger partial charge < -0.3 is 5.11 Å². The maximum absolute atomic E-state index is 12.9. The lowest BCUT2D eigenvalue weighted by Crippen LogP contribution is -2.11. The molecular formula is C16H15F3N2O4S. The van der Waals surface area contributed by atoms with Crippen molar-refractivity contribution in [3.05, 3.63) is 46.1 Å². The van der Waals surface area contributed by atoms with Gasteiger partial charge in [0.15, 0.2) is 0 Å². The number of aryl methyl sites for hydroxylation is 1. The molecule has 1 heterocycles. The van der Waals surface area contributed by atoms with E-state index in [9.17, 15) is 31.5 Å². The topological polar surface area (TPSA) is 89.3 Å². The number of hydrogen-bond acceptors (Lipinski definition) is 5. The maximum atomic E-state index is 12.9. The van der Waals surface area contributed by atoms with Crippen LogP contribution in [0.15, 0.2) is 18.2 Å². The number of carbonyl (C=O) groups is 1.